The number of aliphatic hydroxyl groups excluding tert-OH is 1. The molecule has 0 spiro atoms. The SMILES string of the molecule is COc1ccc(CNCC(O)C(C)C)c(O)c1. The van der Waals surface area contributed by atoms with Gasteiger partial charge in [-0.05, 0) is 12.0 Å². The minimum Gasteiger partial charge on any atom is -0.507 e. The summed E-state index contributed by atoms with van der Waals surface area (Å²) in [6, 6.07) is 5.19. The van der Waals surface area contributed by atoms with Crippen LogP contribution in [-0.4, -0.2) is 30.0 Å². The Bertz CT molecular complexity index is 353. The normalized spacial score (nSPS) is 12.8. The highest BCUT2D eigenvalue weighted by atomic mass is 16.5. The molecule has 1 unspecified atom stereocenters. The van der Waals surface area contributed by atoms with E-state index in [0.29, 0.717) is 18.8 Å². The third kappa shape index (κ3) is 4.24. The lowest BCUT2D eigenvalue weighted by Crippen LogP contribution is -2.30. The largest absolute Gasteiger partial charge is 0.507 e. The summed E-state index contributed by atoms with van der Waals surface area (Å²) in [6.07, 6.45) is -0.365. The number of hydrogen-bond donors (Lipinski definition) is 3. The Balaban J connectivity index is 2.47. The van der Waals surface area contributed by atoms with Gasteiger partial charge in [0.15, 0.2) is 0 Å². The highest BCUT2D eigenvalue weighted by Gasteiger charge is 2.09. The van der Waals surface area contributed by atoms with Crippen molar-refractivity contribution in [1.82, 2.24) is 5.32 Å². The molecule has 3 N–H and O–H groups in total. The van der Waals surface area contributed by atoms with E-state index in [1.807, 2.05) is 19.9 Å². The van der Waals surface area contributed by atoms with Crippen LogP contribution in [0.1, 0.15) is 19.4 Å². The molecule has 0 aliphatic heterocycles. The van der Waals surface area contributed by atoms with Crippen LogP contribution in [0.4, 0.5) is 0 Å². The van der Waals surface area contributed by atoms with Gasteiger partial charge in [0.25, 0.3) is 0 Å². The van der Waals surface area contributed by atoms with E-state index in [0.717, 1.165) is 5.56 Å². The first kappa shape index (κ1) is 13.8. The standard InChI is InChI=1S/C13H21NO3/c1-9(2)13(16)8-14-7-10-4-5-11(17-3)6-12(10)15/h4-6,9,13-16H,7-8H2,1-3H3. The topological polar surface area (TPSA) is 61.7 Å². The molecule has 0 bridgehead atoms. The Hall–Kier alpha value is -1.26. The number of rotatable bonds is 6. The molecule has 0 aliphatic rings. The molecule has 4 nitrogen and oxygen atoms in total. The molecule has 1 aromatic rings. The summed E-state index contributed by atoms with van der Waals surface area (Å²) in [4.78, 5) is 0. The Morgan fingerprint density at radius 1 is 1.35 bits per heavy atom. The summed E-state index contributed by atoms with van der Waals surface area (Å²) in [7, 11) is 1.56. The number of ether oxygens (including phenoxy) is 1. The van der Waals surface area contributed by atoms with Gasteiger partial charge >= 0.3 is 0 Å². The number of aliphatic hydroxyl groups is 1. The van der Waals surface area contributed by atoms with E-state index in [2.05, 4.69) is 5.32 Å². The number of benzene rings is 1. The summed E-state index contributed by atoms with van der Waals surface area (Å²) in [5.74, 6) is 1.07. The fourth-order valence-corrected chi connectivity index (χ4v) is 1.41. The fourth-order valence-electron chi connectivity index (χ4n) is 1.41. The first-order valence-electron chi connectivity index (χ1n) is 5.79. The summed E-state index contributed by atoms with van der Waals surface area (Å²) in [5, 5.41) is 22.4. The van der Waals surface area contributed by atoms with Gasteiger partial charge < -0.3 is 20.3 Å². The molecule has 0 aliphatic carbocycles. The molecular formula is C13H21NO3. The van der Waals surface area contributed by atoms with Gasteiger partial charge in [-0.3, -0.25) is 0 Å². The molecule has 0 saturated carbocycles. The van der Waals surface area contributed by atoms with Crippen molar-refractivity contribution in [2.45, 2.75) is 26.5 Å². The molecule has 1 aromatic carbocycles. The minimum absolute atomic E-state index is 0.205. The highest BCUT2D eigenvalue weighted by molar-refractivity contribution is 5.39. The van der Waals surface area contributed by atoms with Crippen molar-refractivity contribution in [3.63, 3.8) is 0 Å². The average molecular weight is 239 g/mol. The van der Waals surface area contributed by atoms with E-state index < -0.39 is 0 Å². The van der Waals surface area contributed by atoms with E-state index in [-0.39, 0.29) is 17.8 Å². The molecule has 0 heterocycles. The molecule has 0 aromatic heterocycles. The number of phenols is 1. The van der Waals surface area contributed by atoms with Crippen molar-refractivity contribution in [3.05, 3.63) is 23.8 Å². The van der Waals surface area contributed by atoms with Gasteiger partial charge in [0.2, 0.25) is 0 Å². The van der Waals surface area contributed by atoms with E-state index in [9.17, 15) is 10.2 Å². The molecular weight excluding hydrogens is 218 g/mol. The number of methoxy groups -OCH3 is 1. The molecule has 4 heteroatoms. The first-order valence-corrected chi connectivity index (χ1v) is 5.79. The second-order valence-electron chi connectivity index (χ2n) is 4.44. The van der Waals surface area contributed by atoms with E-state index in [1.165, 1.54) is 0 Å². The summed E-state index contributed by atoms with van der Waals surface area (Å²) in [5.41, 5.74) is 0.793. The molecule has 0 radical (unpaired) electrons. The maximum absolute atomic E-state index is 9.71. The first-order chi connectivity index (χ1) is 8.04. The number of aromatic hydroxyl groups is 1. The predicted molar refractivity (Wildman–Crippen MR) is 67.2 cm³/mol. The van der Waals surface area contributed by atoms with Crippen molar-refractivity contribution >= 4 is 0 Å². The Morgan fingerprint density at radius 3 is 2.59 bits per heavy atom. The molecule has 1 atom stereocenters. The lowest BCUT2D eigenvalue weighted by molar-refractivity contribution is 0.123. The predicted octanol–water partition coefficient (Wildman–Crippen LogP) is 1.51. The summed E-state index contributed by atoms with van der Waals surface area (Å²) in [6.45, 7) is 4.98. The van der Waals surface area contributed by atoms with Crippen LogP contribution in [-0.2, 0) is 6.54 Å². The Kier molecular flexibility index (Phi) is 5.25. The van der Waals surface area contributed by atoms with Crippen LogP contribution in [0.3, 0.4) is 0 Å². The van der Waals surface area contributed by atoms with Crippen molar-refractivity contribution in [2.24, 2.45) is 5.92 Å². The second-order valence-corrected chi connectivity index (χ2v) is 4.44. The zero-order valence-electron chi connectivity index (χ0n) is 10.6. The van der Waals surface area contributed by atoms with Crippen LogP contribution >= 0.6 is 0 Å². The number of nitrogens with one attached hydrogen (secondary N) is 1. The van der Waals surface area contributed by atoms with E-state index >= 15 is 0 Å². The third-order valence-corrected chi connectivity index (χ3v) is 2.73. The molecule has 17 heavy (non-hydrogen) atoms. The number of phenolic OH excluding ortho intramolecular Hbond substituents is 1. The zero-order chi connectivity index (χ0) is 12.8. The van der Waals surface area contributed by atoms with Gasteiger partial charge in [0.1, 0.15) is 11.5 Å². The van der Waals surface area contributed by atoms with Crippen LogP contribution in [0.15, 0.2) is 18.2 Å². The van der Waals surface area contributed by atoms with E-state index in [1.54, 1.807) is 19.2 Å². The van der Waals surface area contributed by atoms with Crippen LogP contribution in [0.25, 0.3) is 0 Å². The molecule has 0 saturated heterocycles. The fraction of sp³-hybridized carbons (Fsp3) is 0.538. The monoisotopic (exact) mass is 239 g/mol. The van der Waals surface area contributed by atoms with Gasteiger partial charge in [0.05, 0.1) is 13.2 Å². The van der Waals surface area contributed by atoms with Crippen molar-refractivity contribution in [1.29, 1.82) is 0 Å². The summed E-state index contributed by atoms with van der Waals surface area (Å²) < 4.78 is 5.00. The van der Waals surface area contributed by atoms with Gasteiger partial charge in [-0.25, -0.2) is 0 Å². The van der Waals surface area contributed by atoms with Gasteiger partial charge in [-0.1, -0.05) is 19.9 Å². The van der Waals surface area contributed by atoms with Crippen LogP contribution in [0, 0.1) is 5.92 Å². The second kappa shape index (κ2) is 6.47. The third-order valence-electron chi connectivity index (χ3n) is 2.73. The zero-order valence-corrected chi connectivity index (χ0v) is 10.6. The van der Waals surface area contributed by atoms with E-state index in [4.69, 9.17) is 4.74 Å². The molecule has 1 rings (SSSR count). The van der Waals surface area contributed by atoms with Crippen molar-refractivity contribution in [2.75, 3.05) is 13.7 Å². The van der Waals surface area contributed by atoms with Gasteiger partial charge in [-0.2, -0.15) is 0 Å². The molecule has 0 fully saturated rings. The van der Waals surface area contributed by atoms with Crippen LogP contribution in [0.2, 0.25) is 0 Å². The smallest absolute Gasteiger partial charge is 0.123 e. The highest BCUT2D eigenvalue weighted by Crippen LogP contribution is 2.23. The number of hydrogen-bond acceptors (Lipinski definition) is 4. The van der Waals surface area contributed by atoms with Crippen molar-refractivity contribution < 1.29 is 14.9 Å². The van der Waals surface area contributed by atoms with Crippen LogP contribution in [0.5, 0.6) is 11.5 Å². The molecule has 0 amide bonds. The average Bonchev–Trinajstić information content (AvgIpc) is 2.30. The Morgan fingerprint density at radius 2 is 2.06 bits per heavy atom. The van der Waals surface area contributed by atoms with Crippen LogP contribution < -0.4 is 10.1 Å². The maximum Gasteiger partial charge on any atom is 0.123 e. The molecule has 96 valence electrons. The quantitative estimate of drug-likeness (QED) is 0.704. The lowest BCUT2D eigenvalue weighted by Gasteiger charge is -2.15. The van der Waals surface area contributed by atoms with Gasteiger partial charge in [0, 0.05) is 24.7 Å². The Labute approximate surface area is 102 Å². The maximum atomic E-state index is 9.71. The van der Waals surface area contributed by atoms with Crippen molar-refractivity contribution in [3.8, 4) is 11.5 Å². The lowest BCUT2D eigenvalue weighted by atomic mass is 10.1. The van der Waals surface area contributed by atoms with Gasteiger partial charge in [-0.15, -0.1) is 0 Å². The summed E-state index contributed by atoms with van der Waals surface area (Å²) >= 11 is 0. The minimum atomic E-state index is -0.365.